The maximum absolute atomic E-state index is 13.3. The number of ketones is 1. The highest BCUT2D eigenvalue weighted by Crippen LogP contribution is 2.35. The van der Waals surface area contributed by atoms with Crippen molar-refractivity contribution in [1.82, 2.24) is 0 Å². The van der Waals surface area contributed by atoms with Gasteiger partial charge in [-0.1, -0.05) is 41.4 Å². The number of halogens is 3. The monoisotopic (exact) mass is 414 g/mol. The van der Waals surface area contributed by atoms with Crippen molar-refractivity contribution in [2.75, 3.05) is 0 Å². The zero-order valence-corrected chi connectivity index (χ0v) is 15.9. The first kappa shape index (κ1) is 18.5. The van der Waals surface area contributed by atoms with Crippen LogP contribution in [0.4, 0.5) is 4.39 Å². The summed E-state index contributed by atoms with van der Waals surface area (Å²) >= 11 is 11.9. The van der Waals surface area contributed by atoms with Gasteiger partial charge in [-0.3, -0.25) is 4.79 Å². The lowest BCUT2D eigenvalue weighted by Crippen LogP contribution is -1.98. The third-order valence-corrected chi connectivity index (χ3v) is 4.92. The molecule has 0 aliphatic carbocycles. The third kappa shape index (κ3) is 3.88. The van der Waals surface area contributed by atoms with Crippen molar-refractivity contribution < 1.29 is 18.7 Å². The molecule has 0 spiro atoms. The Bertz CT molecular complexity index is 1110. The van der Waals surface area contributed by atoms with Crippen molar-refractivity contribution in [1.29, 1.82) is 0 Å². The second-order valence-corrected chi connectivity index (χ2v) is 7.00. The van der Waals surface area contributed by atoms with Crippen LogP contribution >= 0.6 is 23.2 Å². The van der Waals surface area contributed by atoms with Crippen molar-refractivity contribution in [2.24, 2.45) is 0 Å². The molecule has 140 valence electrons. The van der Waals surface area contributed by atoms with Crippen LogP contribution in [0, 0.1) is 5.82 Å². The highest BCUT2D eigenvalue weighted by atomic mass is 35.5. The molecule has 0 atom stereocenters. The Morgan fingerprint density at radius 1 is 1.00 bits per heavy atom. The van der Waals surface area contributed by atoms with Gasteiger partial charge in [-0.2, -0.15) is 0 Å². The topological polar surface area (TPSA) is 35.5 Å². The lowest BCUT2D eigenvalue weighted by atomic mass is 10.1. The predicted octanol–water partition coefficient (Wildman–Crippen LogP) is 6.33. The lowest BCUT2D eigenvalue weighted by Gasteiger charge is -2.07. The molecule has 0 amide bonds. The number of rotatable bonds is 4. The van der Waals surface area contributed by atoms with E-state index in [2.05, 4.69) is 0 Å². The Labute approximate surface area is 170 Å². The molecule has 0 N–H and O–H groups in total. The molecule has 4 rings (SSSR count). The highest BCUT2D eigenvalue weighted by Gasteiger charge is 2.27. The maximum atomic E-state index is 13.3. The minimum atomic E-state index is -0.318. The summed E-state index contributed by atoms with van der Waals surface area (Å²) in [4.78, 5) is 12.5. The molecule has 0 aromatic heterocycles. The number of fused-ring (bicyclic) bond motifs is 1. The second-order valence-electron chi connectivity index (χ2n) is 6.19. The first-order chi connectivity index (χ1) is 13.5. The van der Waals surface area contributed by atoms with E-state index in [1.165, 1.54) is 12.1 Å². The van der Waals surface area contributed by atoms with Gasteiger partial charge in [0.25, 0.3) is 0 Å². The largest absolute Gasteiger partial charge is 0.489 e. The van der Waals surface area contributed by atoms with Gasteiger partial charge in [0.1, 0.15) is 23.9 Å². The molecule has 1 heterocycles. The summed E-state index contributed by atoms with van der Waals surface area (Å²) in [7, 11) is 0. The molecular formula is C22H13Cl2FO3. The summed E-state index contributed by atoms with van der Waals surface area (Å²) < 4.78 is 24.6. The van der Waals surface area contributed by atoms with Crippen molar-refractivity contribution in [3.8, 4) is 11.5 Å². The number of carbonyl (C=O) groups excluding carboxylic acids is 1. The molecule has 0 fully saturated rings. The summed E-state index contributed by atoms with van der Waals surface area (Å²) in [6.45, 7) is 0.205. The third-order valence-electron chi connectivity index (χ3n) is 4.18. The van der Waals surface area contributed by atoms with Crippen molar-refractivity contribution >= 4 is 35.1 Å². The fraction of sp³-hybridized carbons (Fsp3) is 0.0455. The fourth-order valence-corrected chi connectivity index (χ4v) is 3.11. The Morgan fingerprint density at radius 2 is 1.86 bits per heavy atom. The summed E-state index contributed by atoms with van der Waals surface area (Å²) in [5.74, 6) is 0.578. The van der Waals surface area contributed by atoms with Crippen LogP contribution in [0.15, 0.2) is 66.4 Å². The van der Waals surface area contributed by atoms with E-state index in [1.54, 1.807) is 54.6 Å². The van der Waals surface area contributed by atoms with Crippen LogP contribution in [0.2, 0.25) is 10.0 Å². The molecule has 3 aromatic rings. The number of allylic oxidation sites excluding steroid dienone is 1. The molecule has 1 aliphatic rings. The molecule has 0 unspecified atom stereocenters. The van der Waals surface area contributed by atoms with Crippen LogP contribution in [-0.2, 0) is 6.61 Å². The zero-order valence-electron chi connectivity index (χ0n) is 14.4. The van der Waals surface area contributed by atoms with Gasteiger partial charge < -0.3 is 9.47 Å². The van der Waals surface area contributed by atoms with Gasteiger partial charge in [0.05, 0.1) is 15.6 Å². The van der Waals surface area contributed by atoms with Crippen LogP contribution in [0.1, 0.15) is 21.5 Å². The van der Waals surface area contributed by atoms with E-state index in [0.29, 0.717) is 38.2 Å². The first-order valence-electron chi connectivity index (χ1n) is 8.40. The minimum Gasteiger partial charge on any atom is -0.489 e. The number of benzene rings is 3. The smallest absolute Gasteiger partial charge is 0.231 e. The Morgan fingerprint density at radius 3 is 2.64 bits per heavy atom. The average molecular weight is 415 g/mol. The summed E-state index contributed by atoms with van der Waals surface area (Å²) in [6.07, 6.45) is 1.61. The normalized spacial score (nSPS) is 14.1. The molecule has 0 radical (unpaired) electrons. The Kier molecular flexibility index (Phi) is 5.07. The van der Waals surface area contributed by atoms with Gasteiger partial charge in [-0.25, -0.2) is 4.39 Å². The molecular weight excluding hydrogens is 402 g/mol. The standard InChI is InChI=1S/C22H13Cl2FO3/c23-18-7-4-13(9-19(18)24)10-21-22(26)17-6-5-16(11-20(17)28-21)27-12-14-2-1-3-15(25)8-14/h1-11H,12H2/b21-10-. The highest BCUT2D eigenvalue weighted by molar-refractivity contribution is 6.42. The Balaban J connectivity index is 1.52. The minimum absolute atomic E-state index is 0.190. The molecule has 3 aromatic carbocycles. The van der Waals surface area contributed by atoms with Crippen LogP contribution < -0.4 is 9.47 Å². The van der Waals surface area contributed by atoms with Crippen molar-refractivity contribution in [3.63, 3.8) is 0 Å². The van der Waals surface area contributed by atoms with Gasteiger partial charge in [-0.05, 0) is 53.6 Å². The number of hydrogen-bond donors (Lipinski definition) is 0. The van der Waals surface area contributed by atoms with E-state index in [-0.39, 0.29) is 24.0 Å². The lowest BCUT2D eigenvalue weighted by molar-refractivity contribution is 0.101. The van der Waals surface area contributed by atoms with Gasteiger partial charge >= 0.3 is 0 Å². The number of Topliss-reactive ketones (excluding diaryl/α,β-unsaturated/α-hetero) is 1. The number of carbonyl (C=O) groups is 1. The fourth-order valence-electron chi connectivity index (χ4n) is 2.80. The Hall–Kier alpha value is -2.82. The molecule has 6 heteroatoms. The molecule has 0 bridgehead atoms. The van der Waals surface area contributed by atoms with E-state index < -0.39 is 0 Å². The van der Waals surface area contributed by atoms with E-state index in [9.17, 15) is 9.18 Å². The van der Waals surface area contributed by atoms with E-state index in [0.717, 1.165) is 0 Å². The molecule has 0 saturated heterocycles. The number of ether oxygens (including phenoxy) is 2. The average Bonchev–Trinajstić information content (AvgIpc) is 2.98. The van der Waals surface area contributed by atoms with Crippen LogP contribution in [0.3, 0.4) is 0 Å². The number of hydrogen-bond acceptors (Lipinski definition) is 3. The zero-order chi connectivity index (χ0) is 19.7. The maximum Gasteiger partial charge on any atom is 0.231 e. The first-order valence-corrected chi connectivity index (χ1v) is 9.16. The summed E-state index contributed by atoms with van der Waals surface area (Å²) in [5, 5.41) is 0.831. The quantitative estimate of drug-likeness (QED) is 0.468. The van der Waals surface area contributed by atoms with Gasteiger partial charge in [0, 0.05) is 6.07 Å². The SMILES string of the molecule is O=C1/C(=C/c2ccc(Cl)c(Cl)c2)Oc2cc(OCc3cccc(F)c3)ccc21. The summed E-state index contributed by atoms with van der Waals surface area (Å²) in [6, 6.07) is 16.2. The van der Waals surface area contributed by atoms with Crippen molar-refractivity contribution in [3.05, 3.63) is 99.0 Å². The van der Waals surface area contributed by atoms with E-state index in [1.807, 2.05) is 0 Å². The van der Waals surface area contributed by atoms with E-state index >= 15 is 0 Å². The molecule has 0 saturated carbocycles. The van der Waals surface area contributed by atoms with Crippen LogP contribution in [-0.4, -0.2) is 5.78 Å². The summed E-state index contributed by atoms with van der Waals surface area (Å²) in [5.41, 5.74) is 1.86. The van der Waals surface area contributed by atoms with Gasteiger partial charge in [0.2, 0.25) is 5.78 Å². The van der Waals surface area contributed by atoms with Crippen LogP contribution in [0.25, 0.3) is 6.08 Å². The molecule has 1 aliphatic heterocycles. The van der Waals surface area contributed by atoms with Gasteiger partial charge in [-0.15, -0.1) is 0 Å². The molecule has 28 heavy (non-hydrogen) atoms. The van der Waals surface area contributed by atoms with Crippen LogP contribution in [0.5, 0.6) is 11.5 Å². The van der Waals surface area contributed by atoms with Gasteiger partial charge in [0.15, 0.2) is 5.76 Å². The molecule has 3 nitrogen and oxygen atoms in total. The predicted molar refractivity (Wildman–Crippen MR) is 107 cm³/mol. The van der Waals surface area contributed by atoms with E-state index in [4.69, 9.17) is 32.7 Å². The second kappa shape index (κ2) is 7.66. The van der Waals surface area contributed by atoms with Crippen molar-refractivity contribution in [2.45, 2.75) is 6.61 Å².